The molecule has 0 aromatic heterocycles. The standard InChI is InChI=1S/C21H35NO3S/c1-16(2)9-7-10-17(3)11-8-12-18(4)13-14-26-15-20(21(24)25-6)22-19(5)23/h9,11,13,20H,7-8,10,12,14-15H2,1-6H3,(H,22,23)/b17-11+,18-13+/t20-/m1/s1. The van der Waals surface area contributed by atoms with Crippen LogP contribution in [0.3, 0.4) is 0 Å². The number of methoxy groups -OCH3 is 1. The fraction of sp³-hybridized carbons (Fsp3) is 0.619. The second-order valence-corrected chi connectivity index (χ2v) is 7.85. The Kier molecular flexibility index (Phi) is 13.8. The first kappa shape index (κ1) is 24.5. The van der Waals surface area contributed by atoms with E-state index in [-0.39, 0.29) is 5.91 Å². The number of esters is 1. The van der Waals surface area contributed by atoms with Gasteiger partial charge < -0.3 is 10.1 Å². The van der Waals surface area contributed by atoms with Crippen LogP contribution in [0.5, 0.6) is 0 Å². The molecule has 0 saturated heterocycles. The Hall–Kier alpha value is -1.49. The molecular formula is C21H35NO3S. The van der Waals surface area contributed by atoms with Crippen molar-refractivity contribution in [3.05, 3.63) is 34.9 Å². The van der Waals surface area contributed by atoms with E-state index < -0.39 is 12.0 Å². The monoisotopic (exact) mass is 381 g/mol. The van der Waals surface area contributed by atoms with Crippen LogP contribution in [-0.4, -0.2) is 36.5 Å². The molecule has 0 radical (unpaired) electrons. The van der Waals surface area contributed by atoms with Crippen molar-refractivity contribution in [3.8, 4) is 0 Å². The normalized spacial score (nSPS) is 13.2. The highest BCUT2D eigenvalue weighted by Gasteiger charge is 2.19. The predicted octanol–water partition coefficient (Wildman–Crippen LogP) is 4.82. The maximum absolute atomic E-state index is 11.6. The highest BCUT2D eigenvalue weighted by Crippen LogP contribution is 2.13. The molecule has 0 aliphatic carbocycles. The summed E-state index contributed by atoms with van der Waals surface area (Å²) in [6.07, 6.45) is 11.2. The number of carbonyl (C=O) groups is 2. The van der Waals surface area contributed by atoms with Crippen molar-refractivity contribution < 1.29 is 14.3 Å². The van der Waals surface area contributed by atoms with E-state index in [4.69, 9.17) is 4.74 Å². The van der Waals surface area contributed by atoms with Gasteiger partial charge >= 0.3 is 5.97 Å². The van der Waals surface area contributed by atoms with Crippen LogP contribution in [0.25, 0.3) is 0 Å². The topological polar surface area (TPSA) is 55.4 Å². The van der Waals surface area contributed by atoms with Crippen molar-refractivity contribution in [1.29, 1.82) is 0 Å². The van der Waals surface area contributed by atoms with Gasteiger partial charge in [-0.25, -0.2) is 4.79 Å². The molecule has 0 aromatic carbocycles. The molecule has 26 heavy (non-hydrogen) atoms. The minimum Gasteiger partial charge on any atom is -0.467 e. The van der Waals surface area contributed by atoms with E-state index in [0.717, 1.165) is 31.4 Å². The first-order valence-electron chi connectivity index (χ1n) is 9.13. The molecular weight excluding hydrogens is 346 g/mol. The van der Waals surface area contributed by atoms with Crippen molar-refractivity contribution in [2.75, 3.05) is 18.6 Å². The van der Waals surface area contributed by atoms with Crippen LogP contribution < -0.4 is 5.32 Å². The van der Waals surface area contributed by atoms with Gasteiger partial charge in [0.2, 0.25) is 5.91 Å². The van der Waals surface area contributed by atoms with Gasteiger partial charge in [-0.1, -0.05) is 34.9 Å². The Bertz CT molecular complexity index is 531. The van der Waals surface area contributed by atoms with E-state index in [1.54, 1.807) is 11.8 Å². The lowest BCUT2D eigenvalue weighted by Gasteiger charge is -2.14. The van der Waals surface area contributed by atoms with Crippen LogP contribution in [0.2, 0.25) is 0 Å². The summed E-state index contributed by atoms with van der Waals surface area (Å²) in [4.78, 5) is 22.8. The predicted molar refractivity (Wildman–Crippen MR) is 112 cm³/mol. The Morgan fingerprint density at radius 1 is 0.962 bits per heavy atom. The van der Waals surface area contributed by atoms with Gasteiger partial charge in [-0.15, -0.1) is 0 Å². The van der Waals surface area contributed by atoms with Gasteiger partial charge in [0.25, 0.3) is 0 Å². The molecule has 148 valence electrons. The van der Waals surface area contributed by atoms with E-state index >= 15 is 0 Å². The Labute approximate surface area is 163 Å². The van der Waals surface area contributed by atoms with Crippen molar-refractivity contribution >= 4 is 23.6 Å². The van der Waals surface area contributed by atoms with E-state index in [0.29, 0.717) is 5.75 Å². The van der Waals surface area contributed by atoms with E-state index in [1.807, 2.05) is 0 Å². The van der Waals surface area contributed by atoms with E-state index in [2.05, 4.69) is 51.2 Å². The summed E-state index contributed by atoms with van der Waals surface area (Å²) in [6.45, 7) is 10.0. The van der Waals surface area contributed by atoms with Crippen LogP contribution in [0.4, 0.5) is 0 Å². The number of thioether (sulfide) groups is 1. The molecule has 4 nitrogen and oxygen atoms in total. The molecule has 0 rings (SSSR count). The maximum atomic E-state index is 11.6. The number of rotatable bonds is 12. The molecule has 0 aromatic rings. The van der Waals surface area contributed by atoms with Gasteiger partial charge in [-0.2, -0.15) is 11.8 Å². The summed E-state index contributed by atoms with van der Waals surface area (Å²) >= 11 is 1.62. The zero-order valence-corrected chi connectivity index (χ0v) is 18.0. The highest BCUT2D eigenvalue weighted by atomic mass is 32.2. The number of amides is 1. The van der Waals surface area contributed by atoms with E-state index in [9.17, 15) is 9.59 Å². The maximum Gasteiger partial charge on any atom is 0.329 e. The fourth-order valence-corrected chi connectivity index (χ4v) is 3.28. The van der Waals surface area contributed by atoms with Crippen molar-refractivity contribution in [2.24, 2.45) is 0 Å². The molecule has 0 bridgehead atoms. The van der Waals surface area contributed by atoms with Gasteiger partial charge in [0.15, 0.2) is 0 Å². The summed E-state index contributed by atoms with van der Waals surface area (Å²) in [5, 5.41) is 2.62. The molecule has 0 aliphatic rings. The van der Waals surface area contributed by atoms with Crippen molar-refractivity contribution in [1.82, 2.24) is 5.32 Å². The largest absolute Gasteiger partial charge is 0.467 e. The number of nitrogens with one attached hydrogen (secondary N) is 1. The fourth-order valence-electron chi connectivity index (χ4n) is 2.28. The quantitative estimate of drug-likeness (QED) is 0.299. The second kappa shape index (κ2) is 14.7. The molecule has 1 N–H and O–H groups in total. The lowest BCUT2D eigenvalue weighted by atomic mass is 10.1. The number of hydrogen-bond acceptors (Lipinski definition) is 4. The first-order valence-corrected chi connectivity index (χ1v) is 10.3. The number of carbonyl (C=O) groups excluding carboxylic acids is 2. The third kappa shape index (κ3) is 13.8. The minimum atomic E-state index is -0.581. The molecule has 0 saturated carbocycles. The lowest BCUT2D eigenvalue weighted by molar-refractivity contribution is -0.144. The Morgan fingerprint density at radius 2 is 1.54 bits per heavy atom. The van der Waals surface area contributed by atoms with Crippen molar-refractivity contribution in [3.63, 3.8) is 0 Å². The molecule has 0 aliphatic heterocycles. The smallest absolute Gasteiger partial charge is 0.329 e. The second-order valence-electron chi connectivity index (χ2n) is 6.77. The van der Waals surface area contributed by atoms with Crippen LogP contribution in [0.15, 0.2) is 34.9 Å². The summed E-state index contributed by atoms with van der Waals surface area (Å²) in [5.41, 5.74) is 4.17. The third-order valence-corrected chi connectivity index (χ3v) is 4.79. The summed E-state index contributed by atoms with van der Waals surface area (Å²) in [6, 6.07) is -0.581. The van der Waals surface area contributed by atoms with Crippen LogP contribution in [0.1, 0.15) is 60.3 Å². The number of ether oxygens (including phenoxy) is 1. The SMILES string of the molecule is COC(=O)[C@@H](CSC/C=C(\C)CC/C=C(\C)CCC=C(C)C)NC(C)=O. The molecule has 1 atom stereocenters. The molecule has 5 heteroatoms. The van der Waals surface area contributed by atoms with E-state index in [1.165, 1.54) is 30.8 Å². The third-order valence-electron chi connectivity index (χ3n) is 3.82. The first-order chi connectivity index (χ1) is 12.3. The molecule has 0 unspecified atom stereocenters. The zero-order valence-electron chi connectivity index (χ0n) is 17.2. The average Bonchev–Trinajstić information content (AvgIpc) is 2.56. The van der Waals surface area contributed by atoms with Gasteiger partial charge in [0.05, 0.1) is 7.11 Å². The summed E-state index contributed by atoms with van der Waals surface area (Å²) in [7, 11) is 1.33. The molecule has 1 amide bonds. The number of allylic oxidation sites excluding steroid dienone is 5. The van der Waals surface area contributed by atoms with Crippen molar-refractivity contribution in [2.45, 2.75) is 66.3 Å². The highest BCUT2D eigenvalue weighted by molar-refractivity contribution is 7.99. The molecule has 0 spiro atoms. The van der Waals surface area contributed by atoms with Gasteiger partial charge in [0.1, 0.15) is 6.04 Å². The molecule has 0 heterocycles. The Morgan fingerprint density at radius 3 is 2.08 bits per heavy atom. The minimum absolute atomic E-state index is 0.223. The van der Waals surface area contributed by atoms with Crippen LogP contribution in [-0.2, 0) is 14.3 Å². The van der Waals surface area contributed by atoms with Gasteiger partial charge in [-0.05, 0) is 53.4 Å². The molecule has 0 fully saturated rings. The zero-order chi connectivity index (χ0) is 19.9. The number of hydrogen-bond donors (Lipinski definition) is 1. The van der Waals surface area contributed by atoms with Gasteiger partial charge in [0, 0.05) is 18.4 Å². The van der Waals surface area contributed by atoms with Crippen LogP contribution in [0, 0.1) is 0 Å². The van der Waals surface area contributed by atoms with Gasteiger partial charge in [-0.3, -0.25) is 4.79 Å². The summed E-state index contributed by atoms with van der Waals surface area (Å²) in [5.74, 6) is 0.711. The lowest BCUT2D eigenvalue weighted by Crippen LogP contribution is -2.42. The Balaban J connectivity index is 4.14. The van der Waals surface area contributed by atoms with Crippen LogP contribution >= 0.6 is 11.8 Å². The summed E-state index contributed by atoms with van der Waals surface area (Å²) < 4.78 is 4.72. The average molecular weight is 382 g/mol.